The lowest BCUT2D eigenvalue weighted by atomic mass is 10.0. The first-order valence-corrected chi connectivity index (χ1v) is 8.69. The Bertz CT molecular complexity index is 746. The topological polar surface area (TPSA) is 54.5 Å². The largest absolute Gasteiger partial charge is 0.472 e. The van der Waals surface area contributed by atoms with E-state index in [1.54, 1.807) is 17.0 Å². The summed E-state index contributed by atoms with van der Waals surface area (Å²) in [6.45, 7) is 0.442. The molecule has 0 bridgehead atoms. The van der Waals surface area contributed by atoms with Gasteiger partial charge in [0, 0.05) is 37.1 Å². The predicted octanol–water partition coefficient (Wildman–Crippen LogP) is 3.58. The van der Waals surface area contributed by atoms with Crippen LogP contribution in [-0.4, -0.2) is 48.0 Å². The lowest BCUT2D eigenvalue weighted by Crippen LogP contribution is -2.42. The van der Waals surface area contributed by atoms with Gasteiger partial charge in [0.25, 0.3) is 12.3 Å². The standard InChI is InChI=1S/C19H20F3N3O2/c20-14-2-4-15(5-3-14)24-16-7-9-25(10-8-16)19(26)13-1-6-18(23-11-13)27-12-17(21)22/h1-6,11,16-17,24H,7-10,12H2. The molecule has 27 heavy (non-hydrogen) atoms. The number of rotatable bonds is 6. The third-order valence-electron chi connectivity index (χ3n) is 4.34. The Balaban J connectivity index is 1.50. The summed E-state index contributed by atoms with van der Waals surface area (Å²) in [5.41, 5.74) is 1.24. The van der Waals surface area contributed by atoms with Gasteiger partial charge in [-0.2, -0.15) is 0 Å². The van der Waals surface area contributed by atoms with E-state index in [1.165, 1.54) is 30.5 Å². The number of hydrogen-bond acceptors (Lipinski definition) is 4. The number of halogens is 3. The number of carbonyl (C=O) groups excluding carboxylic acids is 1. The van der Waals surface area contributed by atoms with Crippen LogP contribution in [0.5, 0.6) is 5.88 Å². The van der Waals surface area contributed by atoms with Crippen molar-refractivity contribution in [2.75, 3.05) is 25.0 Å². The summed E-state index contributed by atoms with van der Waals surface area (Å²) < 4.78 is 42.0. The Morgan fingerprint density at radius 2 is 1.89 bits per heavy atom. The van der Waals surface area contributed by atoms with Gasteiger partial charge in [-0.15, -0.1) is 0 Å². The van der Waals surface area contributed by atoms with Gasteiger partial charge in [0.05, 0.1) is 5.56 Å². The average molecular weight is 379 g/mol. The molecule has 0 spiro atoms. The molecule has 5 nitrogen and oxygen atoms in total. The molecule has 2 aromatic rings. The first kappa shape index (κ1) is 19.0. The molecule has 144 valence electrons. The van der Waals surface area contributed by atoms with Crippen LogP contribution >= 0.6 is 0 Å². The second-order valence-corrected chi connectivity index (χ2v) is 6.30. The number of nitrogens with one attached hydrogen (secondary N) is 1. The van der Waals surface area contributed by atoms with Crippen molar-refractivity contribution in [1.82, 2.24) is 9.88 Å². The van der Waals surface area contributed by atoms with Crippen LogP contribution in [0.2, 0.25) is 0 Å². The van der Waals surface area contributed by atoms with E-state index in [2.05, 4.69) is 10.3 Å². The number of pyridine rings is 1. The molecular formula is C19H20F3N3O2. The Labute approximate surface area is 155 Å². The van der Waals surface area contributed by atoms with E-state index >= 15 is 0 Å². The molecule has 2 heterocycles. The zero-order chi connectivity index (χ0) is 19.2. The first-order valence-electron chi connectivity index (χ1n) is 8.69. The van der Waals surface area contributed by atoms with Crippen LogP contribution in [0.4, 0.5) is 18.9 Å². The summed E-state index contributed by atoms with van der Waals surface area (Å²) in [6.07, 6.45) is 0.308. The van der Waals surface area contributed by atoms with E-state index in [0.29, 0.717) is 18.7 Å². The maximum atomic E-state index is 13.0. The molecule has 1 aliphatic rings. The molecule has 8 heteroatoms. The van der Waals surface area contributed by atoms with Crippen LogP contribution in [0.1, 0.15) is 23.2 Å². The van der Waals surface area contributed by atoms with Crippen molar-refractivity contribution < 1.29 is 22.7 Å². The maximum Gasteiger partial charge on any atom is 0.272 e. The fourth-order valence-corrected chi connectivity index (χ4v) is 2.93. The molecule has 1 amide bonds. The number of carbonyl (C=O) groups is 1. The van der Waals surface area contributed by atoms with E-state index in [0.717, 1.165) is 18.5 Å². The Morgan fingerprint density at radius 3 is 2.48 bits per heavy atom. The third kappa shape index (κ3) is 5.35. The van der Waals surface area contributed by atoms with Crippen LogP contribution in [-0.2, 0) is 0 Å². The number of likely N-dealkylation sites (tertiary alicyclic amines) is 1. The molecule has 3 rings (SSSR count). The van der Waals surface area contributed by atoms with Crippen LogP contribution in [0.3, 0.4) is 0 Å². The van der Waals surface area contributed by atoms with E-state index in [1.807, 2.05) is 0 Å². The monoisotopic (exact) mass is 379 g/mol. The Kier molecular flexibility index (Phi) is 6.16. The summed E-state index contributed by atoms with van der Waals surface area (Å²) in [4.78, 5) is 18.2. The smallest absolute Gasteiger partial charge is 0.272 e. The third-order valence-corrected chi connectivity index (χ3v) is 4.34. The van der Waals surface area contributed by atoms with E-state index in [9.17, 15) is 18.0 Å². The molecule has 0 radical (unpaired) electrons. The molecule has 0 unspecified atom stereocenters. The summed E-state index contributed by atoms with van der Waals surface area (Å²) in [7, 11) is 0. The summed E-state index contributed by atoms with van der Waals surface area (Å²) in [5, 5.41) is 3.34. The van der Waals surface area contributed by atoms with Crippen molar-refractivity contribution >= 4 is 11.6 Å². The number of ether oxygens (including phenoxy) is 1. The van der Waals surface area contributed by atoms with Gasteiger partial charge >= 0.3 is 0 Å². The van der Waals surface area contributed by atoms with Crippen molar-refractivity contribution in [2.24, 2.45) is 0 Å². The number of anilines is 1. The fourth-order valence-electron chi connectivity index (χ4n) is 2.93. The molecule has 1 aliphatic heterocycles. The summed E-state index contributed by atoms with van der Waals surface area (Å²) in [6, 6.07) is 9.34. The van der Waals surface area contributed by atoms with Crippen LogP contribution in [0, 0.1) is 5.82 Å². The Morgan fingerprint density at radius 1 is 1.19 bits per heavy atom. The zero-order valence-corrected chi connectivity index (χ0v) is 14.6. The maximum absolute atomic E-state index is 13.0. The molecule has 0 atom stereocenters. The number of hydrogen-bond donors (Lipinski definition) is 1. The zero-order valence-electron chi connectivity index (χ0n) is 14.6. The normalized spacial score (nSPS) is 15.0. The van der Waals surface area contributed by atoms with Crippen molar-refractivity contribution in [2.45, 2.75) is 25.3 Å². The molecule has 0 aliphatic carbocycles. The van der Waals surface area contributed by atoms with Crippen molar-refractivity contribution in [3.63, 3.8) is 0 Å². The van der Waals surface area contributed by atoms with Gasteiger partial charge in [-0.05, 0) is 43.2 Å². The van der Waals surface area contributed by atoms with E-state index in [-0.39, 0.29) is 23.6 Å². The molecule has 1 aromatic heterocycles. The first-order chi connectivity index (χ1) is 13.0. The minimum atomic E-state index is -2.57. The lowest BCUT2D eigenvalue weighted by molar-refractivity contribution is 0.0715. The Hall–Kier alpha value is -2.77. The van der Waals surface area contributed by atoms with Gasteiger partial charge in [0.2, 0.25) is 5.88 Å². The van der Waals surface area contributed by atoms with E-state index < -0.39 is 13.0 Å². The highest BCUT2D eigenvalue weighted by Crippen LogP contribution is 2.19. The van der Waals surface area contributed by atoms with Gasteiger partial charge in [0.15, 0.2) is 6.61 Å². The minimum absolute atomic E-state index is 0.0639. The molecule has 1 N–H and O–H groups in total. The van der Waals surface area contributed by atoms with E-state index in [4.69, 9.17) is 4.74 Å². The lowest BCUT2D eigenvalue weighted by Gasteiger charge is -2.33. The summed E-state index contributed by atoms with van der Waals surface area (Å²) >= 11 is 0. The van der Waals surface area contributed by atoms with Gasteiger partial charge in [-0.1, -0.05) is 0 Å². The average Bonchev–Trinajstić information content (AvgIpc) is 2.68. The number of nitrogens with zero attached hydrogens (tertiary/aromatic N) is 2. The summed E-state index contributed by atoms with van der Waals surface area (Å²) in [5.74, 6) is -0.364. The highest BCUT2D eigenvalue weighted by molar-refractivity contribution is 5.94. The molecule has 0 saturated carbocycles. The molecule has 1 saturated heterocycles. The van der Waals surface area contributed by atoms with Gasteiger partial charge in [0.1, 0.15) is 5.82 Å². The highest BCUT2D eigenvalue weighted by Gasteiger charge is 2.24. The number of piperidine rings is 1. The number of alkyl halides is 2. The number of benzene rings is 1. The van der Waals surface area contributed by atoms with Crippen LogP contribution in [0.15, 0.2) is 42.6 Å². The molecular weight excluding hydrogens is 359 g/mol. The van der Waals surface area contributed by atoms with Crippen LogP contribution in [0.25, 0.3) is 0 Å². The number of aromatic nitrogens is 1. The quantitative estimate of drug-likeness (QED) is 0.834. The number of amides is 1. The fraction of sp³-hybridized carbons (Fsp3) is 0.368. The SMILES string of the molecule is O=C(c1ccc(OCC(F)F)nc1)N1CCC(Nc2ccc(F)cc2)CC1. The highest BCUT2D eigenvalue weighted by atomic mass is 19.3. The second-order valence-electron chi connectivity index (χ2n) is 6.30. The van der Waals surface area contributed by atoms with Gasteiger partial charge < -0.3 is 15.0 Å². The van der Waals surface area contributed by atoms with Gasteiger partial charge in [-0.3, -0.25) is 4.79 Å². The second kappa shape index (κ2) is 8.75. The predicted molar refractivity (Wildman–Crippen MR) is 94.7 cm³/mol. The van der Waals surface area contributed by atoms with Gasteiger partial charge in [-0.25, -0.2) is 18.2 Å². The van der Waals surface area contributed by atoms with Crippen molar-refractivity contribution in [1.29, 1.82) is 0 Å². The van der Waals surface area contributed by atoms with Crippen molar-refractivity contribution in [3.8, 4) is 5.88 Å². The minimum Gasteiger partial charge on any atom is -0.472 e. The van der Waals surface area contributed by atoms with Crippen LogP contribution < -0.4 is 10.1 Å². The molecule has 1 aromatic carbocycles. The molecule has 1 fully saturated rings. The van der Waals surface area contributed by atoms with Crippen molar-refractivity contribution in [3.05, 3.63) is 54.0 Å².